The fourth-order valence-electron chi connectivity index (χ4n) is 2.36. The third-order valence-corrected chi connectivity index (χ3v) is 3.83. The van der Waals surface area contributed by atoms with Crippen LogP contribution in [-0.2, 0) is 4.79 Å². The van der Waals surface area contributed by atoms with Crippen LogP contribution in [0.4, 0.5) is 5.82 Å². The molecule has 1 amide bonds. The number of amides is 1. The summed E-state index contributed by atoms with van der Waals surface area (Å²) in [6, 6.07) is 5.71. The minimum absolute atomic E-state index is 0.0890. The first-order valence-electron chi connectivity index (χ1n) is 7.06. The molecule has 1 aromatic heterocycles. The average molecular weight is 272 g/mol. The van der Waals surface area contributed by atoms with E-state index < -0.39 is 0 Å². The lowest BCUT2D eigenvalue weighted by Gasteiger charge is -2.36. The van der Waals surface area contributed by atoms with E-state index in [9.17, 15) is 4.79 Å². The largest absolute Gasteiger partial charge is 0.352 e. The molecule has 1 aromatic rings. The Morgan fingerprint density at radius 3 is 2.75 bits per heavy atom. The van der Waals surface area contributed by atoms with Crippen LogP contribution in [0.25, 0.3) is 0 Å². The van der Waals surface area contributed by atoms with Crippen molar-refractivity contribution >= 4 is 11.7 Å². The summed E-state index contributed by atoms with van der Waals surface area (Å²) in [6.07, 6.45) is 2.57. The Kier molecular flexibility index (Phi) is 4.57. The van der Waals surface area contributed by atoms with Crippen molar-refractivity contribution < 1.29 is 4.79 Å². The SMILES string of the molecule is CCC(C)C(=O)N1CCN(c2ncccc2C#N)CC1. The lowest BCUT2D eigenvalue weighted by Crippen LogP contribution is -2.50. The van der Waals surface area contributed by atoms with E-state index >= 15 is 0 Å². The van der Waals surface area contributed by atoms with Crippen LogP contribution in [0.1, 0.15) is 25.8 Å². The molecule has 0 spiro atoms. The third-order valence-electron chi connectivity index (χ3n) is 3.83. The second-order valence-corrected chi connectivity index (χ2v) is 5.11. The number of piperazine rings is 1. The van der Waals surface area contributed by atoms with Gasteiger partial charge in [0, 0.05) is 38.3 Å². The Morgan fingerprint density at radius 1 is 1.45 bits per heavy atom. The minimum atomic E-state index is 0.0890. The highest BCUT2D eigenvalue weighted by Crippen LogP contribution is 2.19. The molecule has 5 nitrogen and oxygen atoms in total. The minimum Gasteiger partial charge on any atom is -0.352 e. The normalized spacial score (nSPS) is 16.6. The summed E-state index contributed by atoms with van der Waals surface area (Å²) < 4.78 is 0. The van der Waals surface area contributed by atoms with E-state index in [-0.39, 0.29) is 11.8 Å². The van der Waals surface area contributed by atoms with Crippen molar-refractivity contribution in [3.8, 4) is 6.07 Å². The molecule has 106 valence electrons. The molecule has 2 rings (SSSR count). The van der Waals surface area contributed by atoms with Gasteiger partial charge in [0.15, 0.2) is 0 Å². The van der Waals surface area contributed by atoms with Gasteiger partial charge < -0.3 is 9.80 Å². The van der Waals surface area contributed by atoms with Crippen molar-refractivity contribution in [3.63, 3.8) is 0 Å². The van der Waals surface area contributed by atoms with Crippen molar-refractivity contribution in [3.05, 3.63) is 23.9 Å². The van der Waals surface area contributed by atoms with E-state index in [4.69, 9.17) is 5.26 Å². The fourth-order valence-corrected chi connectivity index (χ4v) is 2.36. The summed E-state index contributed by atoms with van der Waals surface area (Å²) >= 11 is 0. The first-order chi connectivity index (χ1) is 9.67. The molecular weight excluding hydrogens is 252 g/mol. The summed E-state index contributed by atoms with van der Waals surface area (Å²) in [4.78, 5) is 20.4. The van der Waals surface area contributed by atoms with Gasteiger partial charge >= 0.3 is 0 Å². The highest BCUT2D eigenvalue weighted by atomic mass is 16.2. The highest BCUT2D eigenvalue weighted by molar-refractivity contribution is 5.78. The summed E-state index contributed by atoms with van der Waals surface area (Å²) in [5.41, 5.74) is 0.592. The standard InChI is InChI=1S/C15H20N4O/c1-3-12(2)15(20)19-9-7-18(8-10-19)14-13(11-16)5-4-6-17-14/h4-6,12H,3,7-10H2,1-2H3. The topological polar surface area (TPSA) is 60.2 Å². The maximum Gasteiger partial charge on any atom is 0.225 e. The number of rotatable bonds is 3. The van der Waals surface area contributed by atoms with Gasteiger partial charge in [-0.15, -0.1) is 0 Å². The molecule has 1 unspecified atom stereocenters. The molecule has 0 N–H and O–H groups in total. The van der Waals surface area contributed by atoms with Gasteiger partial charge in [-0.1, -0.05) is 13.8 Å². The summed E-state index contributed by atoms with van der Waals surface area (Å²) in [5, 5.41) is 9.11. The zero-order chi connectivity index (χ0) is 14.5. The van der Waals surface area contributed by atoms with Gasteiger partial charge in [0.05, 0.1) is 5.56 Å². The molecule has 5 heteroatoms. The molecule has 0 aliphatic carbocycles. The number of pyridine rings is 1. The van der Waals surface area contributed by atoms with Crippen LogP contribution in [0.5, 0.6) is 0 Å². The van der Waals surface area contributed by atoms with Gasteiger partial charge in [0.2, 0.25) is 5.91 Å². The van der Waals surface area contributed by atoms with Crippen molar-refractivity contribution in [2.24, 2.45) is 5.92 Å². The molecule has 1 aliphatic heterocycles. The van der Waals surface area contributed by atoms with E-state index in [1.54, 1.807) is 18.3 Å². The number of hydrogen-bond donors (Lipinski definition) is 0. The molecule has 0 radical (unpaired) electrons. The number of carbonyl (C=O) groups is 1. The van der Waals surface area contributed by atoms with Crippen LogP contribution in [0.3, 0.4) is 0 Å². The van der Waals surface area contributed by atoms with Gasteiger partial charge in [0.25, 0.3) is 0 Å². The molecule has 1 fully saturated rings. The van der Waals surface area contributed by atoms with Crippen molar-refractivity contribution in [2.45, 2.75) is 20.3 Å². The van der Waals surface area contributed by atoms with Crippen LogP contribution in [0, 0.1) is 17.2 Å². The lowest BCUT2D eigenvalue weighted by atomic mass is 10.1. The molecule has 0 saturated carbocycles. The second kappa shape index (κ2) is 6.38. The number of nitriles is 1. The monoisotopic (exact) mass is 272 g/mol. The molecule has 1 atom stereocenters. The van der Waals surface area contributed by atoms with Crippen LogP contribution < -0.4 is 4.90 Å². The average Bonchev–Trinajstić information content (AvgIpc) is 2.53. The second-order valence-electron chi connectivity index (χ2n) is 5.11. The molecular formula is C15H20N4O. The highest BCUT2D eigenvalue weighted by Gasteiger charge is 2.25. The van der Waals surface area contributed by atoms with Crippen molar-refractivity contribution in [1.29, 1.82) is 5.26 Å². The lowest BCUT2D eigenvalue weighted by molar-refractivity contribution is -0.135. The van der Waals surface area contributed by atoms with Crippen LogP contribution in [0.15, 0.2) is 18.3 Å². The Morgan fingerprint density at radius 2 is 2.15 bits per heavy atom. The number of nitrogens with zero attached hydrogens (tertiary/aromatic N) is 4. The third kappa shape index (κ3) is 2.90. The van der Waals surface area contributed by atoms with Gasteiger partial charge in [0.1, 0.15) is 11.9 Å². The number of aromatic nitrogens is 1. The van der Waals surface area contributed by atoms with E-state index in [1.807, 2.05) is 18.7 Å². The predicted molar refractivity (Wildman–Crippen MR) is 77.2 cm³/mol. The number of carbonyl (C=O) groups excluding carboxylic acids is 1. The van der Waals surface area contributed by atoms with Crippen LogP contribution >= 0.6 is 0 Å². The molecule has 1 saturated heterocycles. The predicted octanol–water partition coefficient (Wildman–Crippen LogP) is 1.65. The van der Waals surface area contributed by atoms with E-state index in [0.29, 0.717) is 18.7 Å². The van der Waals surface area contributed by atoms with Gasteiger partial charge in [-0.2, -0.15) is 5.26 Å². The Bertz CT molecular complexity index is 515. The van der Waals surface area contributed by atoms with Gasteiger partial charge in [-0.25, -0.2) is 4.98 Å². The van der Waals surface area contributed by atoms with E-state index in [1.165, 1.54) is 0 Å². The van der Waals surface area contributed by atoms with Crippen molar-refractivity contribution in [1.82, 2.24) is 9.88 Å². The van der Waals surface area contributed by atoms with E-state index in [2.05, 4.69) is 16.0 Å². The summed E-state index contributed by atoms with van der Waals surface area (Å²) in [5.74, 6) is 1.05. The molecule has 1 aliphatic rings. The Hall–Kier alpha value is -2.09. The Labute approximate surface area is 119 Å². The zero-order valence-corrected chi connectivity index (χ0v) is 12.0. The van der Waals surface area contributed by atoms with E-state index in [0.717, 1.165) is 25.3 Å². The molecule has 20 heavy (non-hydrogen) atoms. The molecule has 2 heterocycles. The number of anilines is 1. The van der Waals surface area contributed by atoms with Crippen molar-refractivity contribution in [2.75, 3.05) is 31.1 Å². The quantitative estimate of drug-likeness (QED) is 0.839. The Balaban J connectivity index is 2.01. The first-order valence-corrected chi connectivity index (χ1v) is 7.06. The maximum absolute atomic E-state index is 12.1. The first kappa shape index (κ1) is 14.3. The maximum atomic E-state index is 12.1. The van der Waals surface area contributed by atoms with Crippen LogP contribution in [-0.4, -0.2) is 42.0 Å². The fraction of sp³-hybridized carbons (Fsp3) is 0.533. The molecule has 0 bridgehead atoms. The molecule has 0 aromatic carbocycles. The number of hydrogen-bond acceptors (Lipinski definition) is 4. The van der Waals surface area contributed by atoms with Gasteiger partial charge in [-0.3, -0.25) is 4.79 Å². The summed E-state index contributed by atoms with van der Waals surface area (Å²) in [7, 11) is 0. The zero-order valence-electron chi connectivity index (χ0n) is 12.0. The van der Waals surface area contributed by atoms with Gasteiger partial charge in [-0.05, 0) is 18.6 Å². The van der Waals surface area contributed by atoms with Crippen LogP contribution in [0.2, 0.25) is 0 Å². The summed E-state index contributed by atoms with van der Waals surface area (Å²) in [6.45, 7) is 6.87. The smallest absolute Gasteiger partial charge is 0.225 e.